The molecule has 1 aliphatic rings. The standard InChI is InChI=1S/C21H20ClN3O2/c1-14-6-7-15(22)12-19(14)24-8-10-25(11-9-24)21(27)17-13-20(26)23-18-5-3-2-4-16(17)18/h2-7,12-13H,8-11H2,1H3,(H,23,26). The van der Waals surface area contributed by atoms with Crippen LogP contribution in [0.4, 0.5) is 5.69 Å². The van der Waals surface area contributed by atoms with Crippen LogP contribution >= 0.6 is 11.6 Å². The van der Waals surface area contributed by atoms with Crippen LogP contribution in [0.15, 0.2) is 53.3 Å². The summed E-state index contributed by atoms with van der Waals surface area (Å²) in [5, 5.41) is 1.49. The van der Waals surface area contributed by atoms with Gasteiger partial charge >= 0.3 is 0 Å². The Balaban J connectivity index is 1.56. The van der Waals surface area contributed by atoms with Crippen molar-refractivity contribution in [2.75, 3.05) is 31.1 Å². The first-order chi connectivity index (χ1) is 13.0. The molecule has 138 valence electrons. The third-order valence-electron chi connectivity index (χ3n) is 5.06. The molecule has 0 aliphatic carbocycles. The van der Waals surface area contributed by atoms with Crippen LogP contribution in [0, 0.1) is 6.92 Å². The quantitative estimate of drug-likeness (QED) is 0.739. The van der Waals surface area contributed by atoms with Crippen LogP contribution in [-0.2, 0) is 0 Å². The molecule has 0 atom stereocenters. The summed E-state index contributed by atoms with van der Waals surface area (Å²) in [6.45, 7) is 4.73. The Morgan fingerprint density at radius 3 is 2.56 bits per heavy atom. The monoisotopic (exact) mass is 381 g/mol. The van der Waals surface area contributed by atoms with Crippen LogP contribution in [0.3, 0.4) is 0 Å². The smallest absolute Gasteiger partial charge is 0.254 e. The number of fused-ring (bicyclic) bond motifs is 1. The van der Waals surface area contributed by atoms with Crippen molar-refractivity contribution in [3.05, 3.63) is 75.0 Å². The van der Waals surface area contributed by atoms with Crippen LogP contribution < -0.4 is 10.5 Å². The normalized spacial score (nSPS) is 14.6. The molecule has 4 rings (SSSR count). The van der Waals surface area contributed by atoms with Crippen molar-refractivity contribution < 1.29 is 4.79 Å². The lowest BCUT2D eigenvalue weighted by atomic mass is 10.1. The van der Waals surface area contributed by atoms with Crippen LogP contribution in [-0.4, -0.2) is 42.0 Å². The lowest BCUT2D eigenvalue weighted by Gasteiger charge is -2.37. The van der Waals surface area contributed by atoms with Gasteiger partial charge in [-0.25, -0.2) is 0 Å². The van der Waals surface area contributed by atoms with Gasteiger partial charge in [0.1, 0.15) is 0 Å². The average Bonchev–Trinajstić information content (AvgIpc) is 2.69. The van der Waals surface area contributed by atoms with E-state index in [1.807, 2.05) is 47.4 Å². The van der Waals surface area contributed by atoms with Gasteiger partial charge in [-0.05, 0) is 30.7 Å². The molecule has 27 heavy (non-hydrogen) atoms. The first kappa shape index (κ1) is 17.6. The summed E-state index contributed by atoms with van der Waals surface area (Å²) < 4.78 is 0. The van der Waals surface area contributed by atoms with Crippen molar-refractivity contribution in [1.29, 1.82) is 0 Å². The summed E-state index contributed by atoms with van der Waals surface area (Å²) in [6, 6.07) is 14.7. The number of H-pyrrole nitrogens is 1. The van der Waals surface area contributed by atoms with Gasteiger partial charge in [0.2, 0.25) is 5.56 Å². The number of aromatic amines is 1. The van der Waals surface area contributed by atoms with Gasteiger partial charge in [0.25, 0.3) is 5.91 Å². The minimum absolute atomic E-state index is 0.0974. The van der Waals surface area contributed by atoms with Crippen molar-refractivity contribution in [3.63, 3.8) is 0 Å². The second-order valence-electron chi connectivity index (χ2n) is 6.80. The number of benzene rings is 2. The summed E-state index contributed by atoms with van der Waals surface area (Å²) in [4.78, 5) is 31.9. The Morgan fingerprint density at radius 1 is 1.04 bits per heavy atom. The molecule has 5 nitrogen and oxygen atoms in total. The van der Waals surface area contributed by atoms with Crippen molar-refractivity contribution in [1.82, 2.24) is 9.88 Å². The van der Waals surface area contributed by atoms with Gasteiger partial charge in [-0.1, -0.05) is 35.9 Å². The minimum atomic E-state index is -0.259. The first-order valence-electron chi connectivity index (χ1n) is 8.95. The van der Waals surface area contributed by atoms with Crippen molar-refractivity contribution >= 4 is 34.1 Å². The van der Waals surface area contributed by atoms with Gasteiger partial charge in [-0.2, -0.15) is 0 Å². The highest BCUT2D eigenvalue weighted by Crippen LogP contribution is 2.26. The Morgan fingerprint density at radius 2 is 1.78 bits per heavy atom. The molecular weight excluding hydrogens is 362 g/mol. The maximum atomic E-state index is 13.1. The van der Waals surface area contributed by atoms with Gasteiger partial charge in [-0.15, -0.1) is 0 Å². The molecule has 0 radical (unpaired) electrons. The minimum Gasteiger partial charge on any atom is -0.368 e. The zero-order valence-corrected chi connectivity index (χ0v) is 15.8. The molecule has 3 aromatic rings. The second-order valence-corrected chi connectivity index (χ2v) is 7.24. The van der Waals surface area contributed by atoms with E-state index in [-0.39, 0.29) is 11.5 Å². The fourth-order valence-corrected chi connectivity index (χ4v) is 3.79. The SMILES string of the molecule is Cc1ccc(Cl)cc1N1CCN(C(=O)c2cc(=O)[nH]c3ccccc23)CC1. The summed E-state index contributed by atoms with van der Waals surface area (Å²) >= 11 is 6.14. The number of amides is 1. The van der Waals surface area contributed by atoms with Gasteiger partial charge in [0, 0.05) is 53.9 Å². The number of hydrogen-bond acceptors (Lipinski definition) is 3. The number of halogens is 1. The number of nitrogens with one attached hydrogen (secondary N) is 1. The predicted octanol–water partition coefficient (Wildman–Crippen LogP) is 3.45. The highest BCUT2D eigenvalue weighted by Gasteiger charge is 2.24. The van der Waals surface area contributed by atoms with E-state index >= 15 is 0 Å². The topological polar surface area (TPSA) is 56.4 Å². The number of carbonyl (C=O) groups is 1. The predicted molar refractivity (Wildman–Crippen MR) is 109 cm³/mol. The molecule has 1 aliphatic heterocycles. The number of rotatable bonds is 2. The van der Waals surface area contributed by atoms with Crippen LogP contribution in [0.1, 0.15) is 15.9 Å². The molecule has 0 bridgehead atoms. The molecule has 0 unspecified atom stereocenters. The Labute approximate surface area is 162 Å². The van der Waals surface area contributed by atoms with E-state index in [1.54, 1.807) is 0 Å². The molecule has 1 amide bonds. The molecule has 6 heteroatoms. The Hall–Kier alpha value is -2.79. The van der Waals surface area contributed by atoms with E-state index in [9.17, 15) is 9.59 Å². The molecular formula is C21H20ClN3O2. The van der Waals surface area contributed by atoms with Gasteiger partial charge < -0.3 is 14.8 Å². The maximum absolute atomic E-state index is 13.1. The number of piperazine rings is 1. The van der Waals surface area contributed by atoms with E-state index in [0.717, 1.165) is 24.2 Å². The lowest BCUT2D eigenvalue weighted by Crippen LogP contribution is -2.49. The number of nitrogens with zero attached hydrogens (tertiary/aromatic N) is 2. The maximum Gasteiger partial charge on any atom is 0.254 e. The number of aromatic nitrogens is 1. The van der Waals surface area contributed by atoms with E-state index in [2.05, 4.69) is 16.8 Å². The highest BCUT2D eigenvalue weighted by molar-refractivity contribution is 6.30. The molecule has 1 aromatic heterocycles. The molecule has 1 fully saturated rings. The van der Waals surface area contributed by atoms with Gasteiger partial charge in [0.15, 0.2) is 0 Å². The molecule has 0 spiro atoms. The number of anilines is 1. The molecule has 0 saturated carbocycles. The van der Waals surface area contributed by atoms with Gasteiger partial charge in [0.05, 0.1) is 5.56 Å². The third-order valence-corrected chi connectivity index (χ3v) is 5.29. The van der Waals surface area contributed by atoms with Crippen LogP contribution in [0.2, 0.25) is 5.02 Å². The Bertz CT molecular complexity index is 1070. The number of pyridine rings is 1. The van der Waals surface area contributed by atoms with Gasteiger partial charge in [-0.3, -0.25) is 9.59 Å². The van der Waals surface area contributed by atoms with Crippen LogP contribution in [0.25, 0.3) is 10.9 Å². The zero-order valence-electron chi connectivity index (χ0n) is 15.0. The van der Waals surface area contributed by atoms with Crippen LogP contribution in [0.5, 0.6) is 0 Å². The third kappa shape index (κ3) is 3.43. The number of aryl methyl sites for hydroxylation is 1. The highest BCUT2D eigenvalue weighted by atomic mass is 35.5. The van der Waals surface area contributed by atoms with Crippen molar-refractivity contribution in [3.8, 4) is 0 Å². The fourth-order valence-electron chi connectivity index (χ4n) is 3.63. The molecule has 2 aromatic carbocycles. The van der Waals surface area contributed by atoms with Crippen molar-refractivity contribution in [2.45, 2.75) is 6.92 Å². The summed E-state index contributed by atoms with van der Waals surface area (Å²) in [5.41, 5.74) is 3.16. The lowest BCUT2D eigenvalue weighted by molar-refractivity contribution is 0.0748. The molecule has 2 heterocycles. The summed E-state index contributed by atoms with van der Waals surface area (Å²) in [7, 11) is 0. The summed E-state index contributed by atoms with van der Waals surface area (Å²) in [5.74, 6) is -0.0974. The molecule has 1 saturated heterocycles. The summed E-state index contributed by atoms with van der Waals surface area (Å²) in [6.07, 6.45) is 0. The Kier molecular flexibility index (Phi) is 4.62. The van der Waals surface area contributed by atoms with E-state index < -0.39 is 0 Å². The largest absolute Gasteiger partial charge is 0.368 e. The van der Waals surface area contributed by atoms with Crippen molar-refractivity contribution in [2.24, 2.45) is 0 Å². The van der Waals surface area contributed by atoms with E-state index in [4.69, 9.17) is 11.6 Å². The second kappa shape index (κ2) is 7.08. The molecule has 1 N–H and O–H groups in total. The van der Waals surface area contributed by atoms with E-state index in [1.165, 1.54) is 11.6 Å². The van der Waals surface area contributed by atoms with E-state index in [0.29, 0.717) is 29.2 Å². The number of hydrogen-bond donors (Lipinski definition) is 1. The number of carbonyl (C=O) groups excluding carboxylic acids is 1. The number of para-hydroxylation sites is 1. The average molecular weight is 382 g/mol. The zero-order chi connectivity index (χ0) is 19.0. The fraction of sp³-hybridized carbons (Fsp3) is 0.238. The first-order valence-corrected chi connectivity index (χ1v) is 9.33.